The number of halogens is 1. The molecule has 0 spiro atoms. The van der Waals surface area contributed by atoms with Crippen molar-refractivity contribution in [1.29, 1.82) is 0 Å². The van der Waals surface area contributed by atoms with E-state index in [0.717, 1.165) is 44.9 Å². The number of carbonyl (C=O) groups is 2. The molecule has 6 heteroatoms. The minimum Gasteiger partial charge on any atom is -0.463 e. The van der Waals surface area contributed by atoms with Gasteiger partial charge in [-0.05, 0) is 68.1 Å². The Bertz CT molecular complexity index is 697. The smallest absolute Gasteiger partial charge is 0.302 e. The standard InChI is InChI=1S/C23H35BrO5/c1-13(25)28-15-7-10-22(4)18-8-9-21(3)17(5-6-20(21)29-14(2)26)16(18)11-19(27)23(22,24)12-15/h15-20,27H,5-12H2,1-4H3/t15-,16-,17-,18-,19+,20-,21-,22+,23-/m0/s1. The number of hydrogen-bond acceptors (Lipinski definition) is 5. The molecule has 0 aromatic rings. The lowest BCUT2D eigenvalue weighted by molar-refractivity contribution is -0.176. The minimum absolute atomic E-state index is 0.00579. The number of esters is 2. The highest BCUT2D eigenvalue weighted by molar-refractivity contribution is 9.10. The van der Waals surface area contributed by atoms with Crippen molar-refractivity contribution in [2.24, 2.45) is 28.6 Å². The fourth-order valence-corrected chi connectivity index (χ4v) is 8.92. The van der Waals surface area contributed by atoms with Crippen LogP contribution in [0.15, 0.2) is 0 Å². The lowest BCUT2D eigenvalue weighted by atomic mass is 9.44. The van der Waals surface area contributed by atoms with Crippen molar-refractivity contribution in [1.82, 2.24) is 0 Å². The molecule has 29 heavy (non-hydrogen) atoms. The summed E-state index contributed by atoms with van der Waals surface area (Å²) in [4.78, 5) is 23.1. The van der Waals surface area contributed by atoms with Gasteiger partial charge >= 0.3 is 11.9 Å². The third kappa shape index (κ3) is 3.19. The van der Waals surface area contributed by atoms with Crippen molar-refractivity contribution >= 4 is 27.9 Å². The first-order chi connectivity index (χ1) is 13.5. The quantitative estimate of drug-likeness (QED) is 0.478. The molecule has 0 unspecified atom stereocenters. The van der Waals surface area contributed by atoms with E-state index in [1.165, 1.54) is 13.8 Å². The van der Waals surface area contributed by atoms with Crippen molar-refractivity contribution in [3.63, 3.8) is 0 Å². The molecular formula is C23H35BrO5. The van der Waals surface area contributed by atoms with Gasteiger partial charge in [0.1, 0.15) is 12.2 Å². The van der Waals surface area contributed by atoms with Crippen LogP contribution in [0, 0.1) is 28.6 Å². The van der Waals surface area contributed by atoms with Gasteiger partial charge in [-0.15, -0.1) is 0 Å². The molecule has 9 atom stereocenters. The Morgan fingerprint density at radius 3 is 2.31 bits per heavy atom. The molecule has 0 amide bonds. The number of ether oxygens (including phenoxy) is 2. The van der Waals surface area contributed by atoms with E-state index in [4.69, 9.17) is 9.47 Å². The molecule has 0 heterocycles. The molecule has 4 fully saturated rings. The normalized spacial score (nSPS) is 51.4. The molecule has 164 valence electrons. The van der Waals surface area contributed by atoms with Crippen LogP contribution in [-0.2, 0) is 19.1 Å². The second kappa shape index (κ2) is 7.22. The van der Waals surface area contributed by atoms with E-state index in [9.17, 15) is 14.7 Å². The maximum absolute atomic E-state index is 11.6. The SMILES string of the molecule is CC(=O)O[C@H]1CC[C@]2(C)[C@H]3CC[C@]4(C)[C@@H](OC(C)=O)CC[C@H]4[C@@H]3C[C@@H](O)[C@@]2(Br)C1. The summed E-state index contributed by atoms with van der Waals surface area (Å²) in [6, 6.07) is 0. The van der Waals surface area contributed by atoms with Crippen LogP contribution in [0.1, 0.15) is 79.1 Å². The predicted molar refractivity (Wildman–Crippen MR) is 112 cm³/mol. The number of carbonyl (C=O) groups excluding carboxylic acids is 2. The van der Waals surface area contributed by atoms with Gasteiger partial charge in [0.2, 0.25) is 0 Å². The number of fused-ring (bicyclic) bond motifs is 5. The Morgan fingerprint density at radius 1 is 0.966 bits per heavy atom. The zero-order valence-electron chi connectivity index (χ0n) is 18.1. The number of rotatable bonds is 2. The molecule has 4 aliphatic carbocycles. The fraction of sp³-hybridized carbons (Fsp3) is 0.913. The highest BCUT2D eigenvalue weighted by atomic mass is 79.9. The van der Waals surface area contributed by atoms with Crippen LogP contribution in [-0.4, -0.2) is 39.7 Å². The molecule has 4 aliphatic rings. The molecule has 1 N–H and O–H groups in total. The van der Waals surface area contributed by atoms with Gasteiger partial charge in [0.15, 0.2) is 0 Å². The summed E-state index contributed by atoms with van der Waals surface area (Å²) in [6.07, 6.45) is 6.84. The lowest BCUT2D eigenvalue weighted by Crippen LogP contribution is -2.66. The molecule has 0 aromatic heterocycles. The second-order valence-electron chi connectivity index (χ2n) is 10.6. The first kappa shape index (κ1) is 21.6. The second-order valence-corrected chi connectivity index (χ2v) is 12.0. The van der Waals surface area contributed by atoms with E-state index < -0.39 is 10.4 Å². The molecule has 0 bridgehead atoms. The highest BCUT2D eigenvalue weighted by Gasteiger charge is 2.67. The summed E-state index contributed by atoms with van der Waals surface area (Å²) in [6.45, 7) is 7.61. The van der Waals surface area contributed by atoms with E-state index in [2.05, 4.69) is 29.8 Å². The van der Waals surface area contributed by atoms with Crippen molar-refractivity contribution in [3.05, 3.63) is 0 Å². The molecule has 0 saturated heterocycles. The molecule has 0 aliphatic heterocycles. The largest absolute Gasteiger partial charge is 0.463 e. The maximum Gasteiger partial charge on any atom is 0.302 e. The van der Waals surface area contributed by atoms with Gasteiger partial charge in [-0.25, -0.2) is 0 Å². The van der Waals surface area contributed by atoms with E-state index in [-0.39, 0.29) is 35.0 Å². The zero-order valence-corrected chi connectivity index (χ0v) is 19.7. The van der Waals surface area contributed by atoms with Crippen molar-refractivity contribution in [3.8, 4) is 0 Å². The maximum atomic E-state index is 11.6. The van der Waals surface area contributed by atoms with Crippen LogP contribution in [0.5, 0.6) is 0 Å². The van der Waals surface area contributed by atoms with Crippen LogP contribution < -0.4 is 0 Å². The molecule has 4 rings (SSSR count). The first-order valence-corrected chi connectivity index (χ1v) is 12.0. The van der Waals surface area contributed by atoms with Crippen LogP contribution in [0.3, 0.4) is 0 Å². The predicted octanol–water partition coefficient (Wildman–Crippen LogP) is 4.38. The number of hydrogen-bond donors (Lipinski definition) is 1. The monoisotopic (exact) mass is 470 g/mol. The van der Waals surface area contributed by atoms with Crippen molar-refractivity contribution in [2.45, 2.75) is 102 Å². The Morgan fingerprint density at radius 2 is 1.66 bits per heavy atom. The molecule has 5 nitrogen and oxygen atoms in total. The van der Waals surface area contributed by atoms with Crippen LogP contribution in [0.2, 0.25) is 0 Å². The van der Waals surface area contributed by atoms with Gasteiger partial charge in [-0.3, -0.25) is 9.59 Å². The van der Waals surface area contributed by atoms with E-state index in [1.54, 1.807) is 0 Å². The molecule has 0 aromatic carbocycles. The average Bonchev–Trinajstić information content (AvgIpc) is 2.93. The molecule has 4 saturated carbocycles. The lowest BCUT2D eigenvalue weighted by Gasteiger charge is -2.65. The van der Waals surface area contributed by atoms with Crippen molar-refractivity contribution in [2.75, 3.05) is 0 Å². The number of aliphatic hydroxyl groups is 1. The van der Waals surface area contributed by atoms with E-state index in [1.807, 2.05) is 0 Å². The highest BCUT2D eigenvalue weighted by Crippen LogP contribution is 2.69. The van der Waals surface area contributed by atoms with Crippen LogP contribution in [0.25, 0.3) is 0 Å². The third-order valence-electron chi connectivity index (χ3n) is 9.29. The van der Waals surface area contributed by atoms with E-state index >= 15 is 0 Å². The van der Waals surface area contributed by atoms with Gasteiger partial charge in [-0.1, -0.05) is 29.8 Å². The summed E-state index contributed by atoms with van der Waals surface area (Å²) < 4.78 is 10.9. The van der Waals surface area contributed by atoms with Gasteiger partial charge < -0.3 is 14.6 Å². The third-order valence-corrected chi connectivity index (χ3v) is 11.1. The summed E-state index contributed by atoms with van der Waals surface area (Å²) >= 11 is 4.01. The number of alkyl halides is 1. The average molecular weight is 471 g/mol. The minimum atomic E-state index is -0.470. The first-order valence-electron chi connectivity index (χ1n) is 11.2. The van der Waals surface area contributed by atoms with Crippen LogP contribution in [0.4, 0.5) is 0 Å². The van der Waals surface area contributed by atoms with Gasteiger partial charge in [-0.2, -0.15) is 0 Å². The molecular weight excluding hydrogens is 436 g/mol. The molecule has 0 radical (unpaired) electrons. The summed E-state index contributed by atoms with van der Waals surface area (Å²) in [5.74, 6) is 1.04. The Hall–Kier alpha value is -0.620. The van der Waals surface area contributed by atoms with Crippen LogP contribution >= 0.6 is 15.9 Å². The van der Waals surface area contributed by atoms with Gasteiger partial charge in [0, 0.05) is 25.7 Å². The van der Waals surface area contributed by atoms with E-state index in [0.29, 0.717) is 24.2 Å². The topological polar surface area (TPSA) is 72.8 Å². The number of aliphatic hydroxyl groups excluding tert-OH is 1. The fourth-order valence-electron chi connectivity index (χ4n) is 7.88. The summed E-state index contributed by atoms with van der Waals surface area (Å²) in [5.41, 5.74) is -0.0169. The summed E-state index contributed by atoms with van der Waals surface area (Å²) in [5, 5.41) is 11.4. The van der Waals surface area contributed by atoms with Gasteiger partial charge in [0.25, 0.3) is 0 Å². The Labute approximate surface area is 182 Å². The van der Waals surface area contributed by atoms with Gasteiger partial charge in [0.05, 0.1) is 10.4 Å². The Balaban J connectivity index is 1.60. The zero-order chi connectivity index (χ0) is 21.2. The summed E-state index contributed by atoms with van der Waals surface area (Å²) in [7, 11) is 0. The van der Waals surface area contributed by atoms with Crippen molar-refractivity contribution < 1.29 is 24.2 Å². The Kier molecular flexibility index (Phi) is 5.38.